The van der Waals surface area contributed by atoms with Crippen LogP contribution in [-0.2, 0) is 17.8 Å². The molecule has 1 unspecified atom stereocenters. The summed E-state index contributed by atoms with van der Waals surface area (Å²) in [6.07, 6.45) is 4.03. The van der Waals surface area contributed by atoms with Crippen molar-refractivity contribution in [2.45, 2.75) is 32.7 Å². The second-order valence-corrected chi connectivity index (χ2v) is 5.29. The van der Waals surface area contributed by atoms with Crippen LogP contribution in [0.4, 0.5) is 4.79 Å². The van der Waals surface area contributed by atoms with E-state index in [1.165, 1.54) is 5.56 Å². The third-order valence-electron chi connectivity index (χ3n) is 3.77. The SMILES string of the molecule is CCc1ccnc(CNC(=O)N2CCCC(C(=O)O)C2)c1. The summed E-state index contributed by atoms with van der Waals surface area (Å²) in [7, 11) is 0. The fourth-order valence-corrected chi connectivity index (χ4v) is 2.49. The molecule has 2 rings (SSSR count). The number of urea groups is 1. The van der Waals surface area contributed by atoms with Crippen LogP contribution in [0.2, 0.25) is 0 Å². The lowest BCUT2D eigenvalue weighted by atomic mass is 9.99. The van der Waals surface area contributed by atoms with Crippen LogP contribution in [0.1, 0.15) is 31.0 Å². The first-order valence-electron chi connectivity index (χ1n) is 7.29. The lowest BCUT2D eigenvalue weighted by Crippen LogP contribution is -2.46. The smallest absolute Gasteiger partial charge is 0.317 e. The maximum Gasteiger partial charge on any atom is 0.317 e. The molecule has 21 heavy (non-hydrogen) atoms. The number of rotatable bonds is 4. The molecule has 2 N–H and O–H groups in total. The zero-order valence-corrected chi connectivity index (χ0v) is 12.2. The van der Waals surface area contributed by atoms with Crippen LogP contribution in [0, 0.1) is 5.92 Å². The lowest BCUT2D eigenvalue weighted by Gasteiger charge is -2.30. The van der Waals surface area contributed by atoms with Gasteiger partial charge in [0.2, 0.25) is 0 Å². The van der Waals surface area contributed by atoms with Crippen LogP contribution in [0.5, 0.6) is 0 Å². The quantitative estimate of drug-likeness (QED) is 0.883. The average molecular weight is 291 g/mol. The topological polar surface area (TPSA) is 82.5 Å². The van der Waals surface area contributed by atoms with Gasteiger partial charge in [-0.15, -0.1) is 0 Å². The van der Waals surface area contributed by atoms with Crippen molar-refractivity contribution in [3.05, 3.63) is 29.6 Å². The first kappa shape index (κ1) is 15.3. The molecule has 2 heterocycles. The zero-order valence-electron chi connectivity index (χ0n) is 12.2. The highest BCUT2D eigenvalue weighted by molar-refractivity contribution is 5.76. The molecule has 1 atom stereocenters. The summed E-state index contributed by atoms with van der Waals surface area (Å²) in [5.41, 5.74) is 1.99. The van der Waals surface area contributed by atoms with E-state index < -0.39 is 11.9 Å². The number of carboxylic acid groups (broad SMARTS) is 1. The second kappa shape index (κ2) is 7.06. The van der Waals surface area contributed by atoms with Crippen molar-refractivity contribution < 1.29 is 14.7 Å². The van der Waals surface area contributed by atoms with Gasteiger partial charge in [0.15, 0.2) is 0 Å². The number of likely N-dealkylation sites (tertiary alicyclic amines) is 1. The standard InChI is InChI=1S/C15H21N3O3/c1-2-11-5-6-16-13(8-11)9-17-15(21)18-7-3-4-12(10-18)14(19)20/h5-6,8,12H,2-4,7,9-10H2,1H3,(H,17,21)(H,19,20). The number of hydrogen-bond acceptors (Lipinski definition) is 3. The van der Waals surface area contributed by atoms with Gasteiger partial charge in [-0.25, -0.2) is 4.79 Å². The molecule has 0 radical (unpaired) electrons. The van der Waals surface area contributed by atoms with Gasteiger partial charge in [-0.1, -0.05) is 6.92 Å². The first-order valence-corrected chi connectivity index (χ1v) is 7.29. The van der Waals surface area contributed by atoms with Crippen LogP contribution in [0.15, 0.2) is 18.3 Å². The van der Waals surface area contributed by atoms with E-state index in [2.05, 4.69) is 17.2 Å². The van der Waals surface area contributed by atoms with E-state index in [9.17, 15) is 9.59 Å². The minimum atomic E-state index is -0.829. The van der Waals surface area contributed by atoms with Gasteiger partial charge in [-0.3, -0.25) is 9.78 Å². The molecule has 6 heteroatoms. The third kappa shape index (κ3) is 4.18. The summed E-state index contributed by atoms with van der Waals surface area (Å²) in [4.78, 5) is 28.9. The molecule has 114 valence electrons. The second-order valence-electron chi connectivity index (χ2n) is 5.29. The largest absolute Gasteiger partial charge is 0.481 e. The maximum atomic E-state index is 12.1. The number of nitrogens with one attached hydrogen (secondary N) is 1. The number of aliphatic carboxylic acids is 1. The van der Waals surface area contributed by atoms with Crippen molar-refractivity contribution in [3.8, 4) is 0 Å². The number of carbonyl (C=O) groups is 2. The van der Waals surface area contributed by atoms with Gasteiger partial charge in [0.05, 0.1) is 18.2 Å². The molecular formula is C15H21N3O3. The van der Waals surface area contributed by atoms with Gasteiger partial charge in [0, 0.05) is 19.3 Å². The van der Waals surface area contributed by atoms with Crippen molar-refractivity contribution in [1.29, 1.82) is 0 Å². The Morgan fingerprint density at radius 3 is 3.05 bits per heavy atom. The van der Waals surface area contributed by atoms with E-state index in [-0.39, 0.29) is 12.6 Å². The highest BCUT2D eigenvalue weighted by Gasteiger charge is 2.27. The van der Waals surface area contributed by atoms with Crippen molar-refractivity contribution in [2.75, 3.05) is 13.1 Å². The molecule has 1 aromatic rings. The van der Waals surface area contributed by atoms with Crippen LogP contribution in [0.25, 0.3) is 0 Å². The summed E-state index contributed by atoms with van der Waals surface area (Å²) in [6.45, 7) is 3.32. The molecular weight excluding hydrogens is 270 g/mol. The predicted molar refractivity (Wildman–Crippen MR) is 77.8 cm³/mol. The van der Waals surface area contributed by atoms with Crippen LogP contribution < -0.4 is 5.32 Å². The van der Waals surface area contributed by atoms with Crippen LogP contribution >= 0.6 is 0 Å². The van der Waals surface area contributed by atoms with E-state index in [0.717, 1.165) is 18.5 Å². The minimum absolute atomic E-state index is 0.218. The number of pyridine rings is 1. The predicted octanol–water partition coefficient (Wildman–Crippen LogP) is 1.65. The molecule has 0 aromatic carbocycles. The van der Waals surface area contributed by atoms with E-state index >= 15 is 0 Å². The molecule has 6 nitrogen and oxygen atoms in total. The summed E-state index contributed by atoms with van der Waals surface area (Å²) in [5.74, 6) is -1.28. The molecule has 1 aliphatic rings. The maximum absolute atomic E-state index is 12.1. The Balaban J connectivity index is 1.87. The summed E-state index contributed by atoms with van der Waals surface area (Å²) >= 11 is 0. The van der Waals surface area contributed by atoms with Crippen LogP contribution in [0.3, 0.4) is 0 Å². The number of hydrogen-bond donors (Lipinski definition) is 2. The molecule has 2 amide bonds. The Hall–Kier alpha value is -2.11. The van der Waals surface area contributed by atoms with Gasteiger partial charge >= 0.3 is 12.0 Å². The number of aromatic nitrogens is 1. The van der Waals surface area contributed by atoms with Gasteiger partial charge in [-0.05, 0) is 37.0 Å². The Morgan fingerprint density at radius 1 is 1.52 bits per heavy atom. The zero-order chi connectivity index (χ0) is 15.2. The van der Waals surface area contributed by atoms with Crippen molar-refractivity contribution in [3.63, 3.8) is 0 Å². The summed E-state index contributed by atoms with van der Waals surface area (Å²) in [5, 5.41) is 11.8. The number of aryl methyl sites for hydroxylation is 1. The Bertz CT molecular complexity index is 519. The Labute approximate surface area is 124 Å². The molecule has 0 spiro atoms. The molecule has 1 aromatic heterocycles. The number of piperidine rings is 1. The van der Waals surface area contributed by atoms with Gasteiger partial charge < -0.3 is 15.3 Å². The highest BCUT2D eigenvalue weighted by Crippen LogP contribution is 2.16. The van der Waals surface area contributed by atoms with Gasteiger partial charge in [0.1, 0.15) is 0 Å². The van der Waals surface area contributed by atoms with E-state index in [0.29, 0.717) is 19.5 Å². The molecule has 0 bridgehead atoms. The van der Waals surface area contributed by atoms with E-state index in [4.69, 9.17) is 5.11 Å². The molecule has 1 saturated heterocycles. The fourth-order valence-electron chi connectivity index (χ4n) is 2.49. The molecule has 0 aliphatic carbocycles. The number of amides is 2. The summed E-state index contributed by atoms with van der Waals surface area (Å²) < 4.78 is 0. The van der Waals surface area contributed by atoms with Gasteiger partial charge in [-0.2, -0.15) is 0 Å². The van der Waals surface area contributed by atoms with Crippen molar-refractivity contribution in [2.24, 2.45) is 5.92 Å². The number of nitrogens with zero attached hydrogens (tertiary/aromatic N) is 2. The molecule has 0 saturated carbocycles. The summed E-state index contributed by atoms with van der Waals surface area (Å²) in [6, 6.07) is 3.70. The van der Waals surface area contributed by atoms with Crippen molar-refractivity contribution in [1.82, 2.24) is 15.2 Å². The lowest BCUT2D eigenvalue weighted by molar-refractivity contribution is -0.143. The van der Waals surface area contributed by atoms with Crippen molar-refractivity contribution >= 4 is 12.0 Å². The number of carbonyl (C=O) groups excluding carboxylic acids is 1. The fraction of sp³-hybridized carbons (Fsp3) is 0.533. The Morgan fingerprint density at radius 2 is 2.33 bits per heavy atom. The molecule has 1 aliphatic heterocycles. The highest BCUT2D eigenvalue weighted by atomic mass is 16.4. The number of carboxylic acids is 1. The van der Waals surface area contributed by atoms with E-state index in [1.54, 1.807) is 11.1 Å². The Kier molecular flexibility index (Phi) is 5.14. The molecule has 1 fully saturated rings. The monoisotopic (exact) mass is 291 g/mol. The first-order chi connectivity index (χ1) is 10.1. The van der Waals surface area contributed by atoms with E-state index in [1.807, 2.05) is 12.1 Å². The minimum Gasteiger partial charge on any atom is -0.481 e. The van der Waals surface area contributed by atoms with Crippen LogP contribution in [-0.4, -0.2) is 40.1 Å². The third-order valence-corrected chi connectivity index (χ3v) is 3.77. The van der Waals surface area contributed by atoms with Gasteiger partial charge in [0.25, 0.3) is 0 Å². The average Bonchev–Trinajstić information content (AvgIpc) is 2.53. The normalized spacial score (nSPS) is 18.3.